The fraction of sp³-hybridized carbons (Fsp3) is 0.500. The third-order valence-corrected chi connectivity index (χ3v) is 6.76. The van der Waals surface area contributed by atoms with Crippen molar-refractivity contribution in [2.75, 3.05) is 44.3 Å². The summed E-state index contributed by atoms with van der Waals surface area (Å²) in [5.74, 6) is -0.0907. The van der Waals surface area contributed by atoms with Gasteiger partial charge in [-0.3, -0.25) is 19.3 Å². The number of rotatable bonds is 6. The molecule has 3 heterocycles. The SMILES string of the molecule is CCn1nc(C(=O)N(CCN2CCOCC2)c2nc3cc(C)cc(C)c3s2)cc1C.Cl. The highest BCUT2D eigenvalue weighted by Gasteiger charge is 2.25. The molecule has 1 aliphatic rings. The molecule has 31 heavy (non-hydrogen) atoms. The number of amides is 1. The van der Waals surface area contributed by atoms with Gasteiger partial charge in [0.25, 0.3) is 5.91 Å². The number of ether oxygens (including phenoxy) is 1. The number of aryl methyl sites for hydroxylation is 4. The fourth-order valence-corrected chi connectivity index (χ4v) is 4.94. The molecule has 4 rings (SSSR count). The number of carbonyl (C=O) groups is 1. The van der Waals surface area contributed by atoms with E-state index in [9.17, 15) is 4.79 Å². The van der Waals surface area contributed by atoms with E-state index in [2.05, 4.69) is 36.0 Å². The van der Waals surface area contributed by atoms with Crippen LogP contribution in [-0.4, -0.2) is 65.0 Å². The number of halogens is 1. The maximum Gasteiger partial charge on any atom is 0.280 e. The van der Waals surface area contributed by atoms with Crippen LogP contribution in [0.15, 0.2) is 18.2 Å². The summed E-state index contributed by atoms with van der Waals surface area (Å²) in [7, 11) is 0. The van der Waals surface area contributed by atoms with Gasteiger partial charge in [-0.1, -0.05) is 17.4 Å². The molecular formula is C22H30ClN5O2S. The van der Waals surface area contributed by atoms with Gasteiger partial charge in [0, 0.05) is 38.4 Å². The van der Waals surface area contributed by atoms with Crippen LogP contribution in [-0.2, 0) is 11.3 Å². The highest BCUT2D eigenvalue weighted by Crippen LogP contribution is 2.32. The smallest absolute Gasteiger partial charge is 0.280 e. The van der Waals surface area contributed by atoms with Gasteiger partial charge in [-0.15, -0.1) is 12.4 Å². The van der Waals surface area contributed by atoms with E-state index in [0.29, 0.717) is 12.2 Å². The highest BCUT2D eigenvalue weighted by atomic mass is 35.5. The number of thiazole rings is 1. The van der Waals surface area contributed by atoms with Crippen LogP contribution in [0.4, 0.5) is 5.13 Å². The van der Waals surface area contributed by atoms with Crippen LogP contribution >= 0.6 is 23.7 Å². The van der Waals surface area contributed by atoms with Gasteiger partial charge < -0.3 is 4.74 Å². The summed E-state index contributed by atoms with van der Waals surface area (Å²) in [5.41, 5.74) is 4.79. The van der Waals surface area contributed by atoms with Crippen LogP contribution in [0.5, 0.6) is 0 Å². The molecule has 0 radical (unpaired) electrons. The van der Waals surface area contributed by atoms with Crippen molar-refractivity contribution in [2.45, 2.75) is 34.2 Å². The van der Waals surface area contributed by atoms with E-state index in [1.165, 1.54) is 11.1 Å². The molecule has 0 atom stereocenters. The minimum Gasteiger partial charge on any atom is -0.379 e. The number of hydrogen-bond acceptors (Lipinski definition) is 6. The van der Waals surface area contributed by atoms with Crippen molar-refractivity contribution in [3.05, 3.63) is 40.7 Å². The minimum atomic E-state index is -0.0907. The molecule has 3 aromatic rings. The third-order valence-electron chi connectivity index (χ3n) is 5.53. The first-order valence-corrected chi connectivity index (χ1v) is 11.3. The lowest BCUT2D eigenvalue weighted by Crippen LogP contribution is -2.43. The molecule has 1 amide bonds. The van der Waals surface area contributed by atoms with Crippen LogP contribution in [0.3, 0.4) is 0 Å². The molecule has 0 bridgehead atoms. The Morgan fingerprint density at radius 2 is 1.94 bits per heavy atom. The van der Waals surface area contributed by atoms with E-state index >= 15 is 0 Å². The Kier molecular flexibility index (Phi) is 7.69. The molecule has 9 heteroatoms. The Balaban J connectivity index is 0.00000272. The predicted molar refractivity (Wildman–Crippen MR) is 128 cm³/mol. The molecule has 0 unspecified atom stereocenters. The lowest BCUT2D eigenvalue weighted by molar-refractivity contribution is 0.0391. The van der Waals surface area contributed by atoms with Gasteiger partial charge in [0.15, 0.2) is 10.8 Å². The highest BCUT2D eigenvalue weighted by molar-refractivity contribution is 7.22. The van der Waals surface area contributed by atoms with Crippen molar-refractivity contribution >= 4 is 45.0 Å². The lowest BCUT2D eigenvalue weighted by Gasteiger charge is -2.29. The molecule has 1 saturated heterocycles. The average molecular weight is 464 g/mol. The summed E-state index contributed by atoms with van der Waals surface area (Å²) in [6.07, 6.45) is 0. The van der Waals surface area contributed by atoms with E-state index in [1.807, 2.05) is 24.6 Å². The number of carbonyl (C=O) groups excluding carboxylic acids is 1. The van der Waals surface area contributed by atoms with Gasteiger partial charge in [-0.05, 0) is 51.0 Å². The second kappa shape index (κ2) is 10.1. The first-order valence-electron chi connectivity index (χ1n) is 10.5. The number of morpholine rings is 1. The lowest BCUT2D eigenvalue weighted by atomic mass is 10.1. The largest absolute Gasteiger partial charge is 0.379 e. The van der Waals surface area contributed by atoms with Crippen LogP contribution in [0.1, 0.15) is 34.2 Å². The topological polar surface area (TPSA) is 63.5 Å². The van der Waals surface area contributed by atoms with E-state index in [4.69, 9.17) is 9.72 Å². The van der Waals surface area contributed by atoms with Crippen molar-refractivity contribution in [2.24, 2.45) is 0 Å². The molecular weight excluding hydrogens is 434 g/mol. The van der Waals surface area contributed by atoms with Gasteiger partial charge in [-0.2, -0.15) is 5.10 Å². The number of hydrogen-bond donors (Lipinski definition) is 0. The Hall–Kier alpha value is -2.00. The number of benzene rings is 1. The number of aromatic nitrogens is 3. The Morgan fingerprint density at radius 3 is 2.61 bits per heavy atom. The molecule has 0 aliphatic carbocycles. The van der Waals surface area contributed by atoms with Gasteiger partial charge in [0.05, 0.1) is 23.4 Å². The van der Waals surface area contributed by atoms with Crippen molar-refractivity contribution in [3.8, 4) is 0 Å². The van der Waals surface area contributed by atoms with Crippen molar-refractivity contribution in [1.82, 2.24) is 19.7 Å². The molecule has 1 aromatic carbocycles. The third kappa shape index (κ3) is 5.09. The molecule has 0 N–H and O–H groups in total. The summed E-state index contributed by atoms with van der Waals surface area (Å²) in [6.45, 7) is 13.6. The molecule has 168 valence electrons. The minimum absolute atomic E-state index is 0. The molecule has 0 saturated carbocycles. The van der Waals surface area contributed by atoms with E-state index in [1.54, 1.807) is 16.2 Å². The fourth-order valence-electron chi connectivity index (χ4n) is 3.90. The van der Waals surface area contributed by atoms with Crippen LogP contribution in [0, 0.1) is 20.8 Å². The monoisotopic (exact) mass is 463 g/mol. The quantitative estimate of drug-likeness (QED) is 0.555. The predicted octanol–water partition coefficient (Wildman–Crippen LogP) is 3.84. The number of nitrogens with zero attached hydrogens (tertiary/aromatic N) is 5. The first-order chi connectivity index (χ1) is 14.5. The van der Waals surface area contributed by atoms with E-state index in [0.717, 1.165) is 60.4 Å². The second-order valence-electron chi connectivity index (χ2n) is 7.82. The normalized spacial score (nSPS) is 14.6. The van der Waals surface area contributed by atoms with Crippen molar-refractivity contribution in [3.63, 3.8) is 0 Å². The first kappa shape index (κ1) is 23.7. The Morgan fingerprint density at radius 1 is 1.19 bits per heavy atom. The molecule has 2 aromatic heterocycles. The van der Waals surface area contributed by atoms with Crippen LogP contribution in [0.25, 0.3) is 10.2 Å². The Labute approximate surface area is 193 Å². The average Bonchev–Trinajstić information content (AvgIpc) is 3.32. The zero-order valence-electron chi connectivity index (χ0n) is 18.6. The summed E-state index contributed by atoms with van der Waals surface area (Å²) < 4.78 is 8.45. The van der Waals surface area contributed by atoms with Gasteiger partial charge in [0.2, 0.25) is 0 Å². The summed E-state index contributed by atoms with van der Waals surface area (Å²) in [5, 5.41) is 5.26. The molecule has 1 aliphatic heterocycles. The summed E-state index contributed by atoms with van der Waals surface area (Å²) in [6, 6.07) is 6.12. The number of fused-ring (bicyclic) bond motifs is 1. The molecule has 0 spiro atoms. The maximum atomic E-state index is 13.5. The van der Waals surface area contributed by atoms with Crippen molar-refractivity contribution < 1.29 is 9.53 Å². The van der Waals surface area contributed by atoms with Gasteiger partial charge in [-0.25, -0.2) is 4.98 Å². The maximum absolute atomic E-state index is 13.5. The van der Waals surface area contributed by atoms with Crippen molar-refractivity contribution in [1.29, 1.82) is 0 Å². The summed E-state index contributed by atoms with van der Waals surface area (Å²) >= 11 is 1.58. The van der Waals surface area contributed by atoms with Crippen LogP contribution < -0.4 is 4.90 Å². The number of anilines is 1. The standard InChI is InChI=1S/C22H29N5O2S.ClH/c1-5-27-17(4)14-19(24-27)21(28)26(7-6-25-8-10-29-11-9-25)22-23-18-13-15(2)12-16(3)20(18)30-22;/h12-14H,5-11H2,1-4H3;1H. The van der Waals surface area contributed by atoms with Gasteiger partial charge in [0.1, 0.15) is 0 Å². The molecule has 1 fully saturated rings. The van der Waals surface area contributed by atoms with Crippen LogP contribution in [0.2, 0.25) is 0 Å². The second-order valence-corrected chi connectivity index (χ2v) is 8.80. The zero-order valence-corrected chi connectivity index (χ0v) is 20.2. The Bertz CT molecular complexity index is 1060. The van der Waals surface area contributed by atoms with Gasteiger partial charge >= 0.3 is 0 Å². The van der Waals surface area contributed by atoms with E-state index in [-0.39, 0.29) is 18.3 Å². The van der Waals surface area contributed by atoms with E-state index < -0.39 is 0 Å². The molecule has 7 nitrogen and oxygen atoms in total. The summed E-state index contributed by atoms with van der Waals surface area (Å²) in [4.78, 5) is 22.5. The zero-order chi connectivity index (χ0) is 21.3.